The number of nitrogens with one attached hydrogen (secondary N) is 1. The third-order valence-corrected chi connectivity index (χ3v) is 5.34. The molecule has 1 fully saturated rings. The van der Waals surface area contributed by atoms with Crippen molar-refractivity contribution in [2.24, 2.45) is 0 Å². The average molecular weight is 351 g/mol. The van der Waals surface area contributed by atoms with Crippen molar-refractivity contribution in [3.63, 3.8) is 0 Å². The smallest absolute Gasteiger partial charge is 0.224 e. The lowest BCUT2D eigenvalue weighted by Gasteiger charge is -2.29. The number of carbonyl (C=O) groups excluding carboxylic acids is 1. The zero-order valence-corrected chi connectivity index (χ0v) is 16.2. The van der Waals surface area contributed by atoms with E-state index in [0.717, 1.165) is 24.2 Å². The Hall–Kier alpha value is -2.29. The first kappa shape index (κ1) is 18.5. The molecule has 0 saturated carbocycles. The number of piperidine rings is 1. The molecule has 2 aromatic rings. The predicted octanol–water partition coefficient (Wildman–Crippen LogP) is 4.71. The molecule has 1 N–H and O–H groups in total. The van der Waals surface area contributed by atoms with Gasteiger partial charge in [0.2, 0.25) is 5.91 Å². The Balaban J connectivity index is 1.58. The quantitative estimate of drug-likeness (QED) is 0.847. The molecule has 1 unspecified atom stereocenters. The van der Waals surface area contributed by atoms with Crippen molar-refractivity contribution in [1.29, 1.82) is 0 Å². The van der Waals surface area contributed by atoms with Gasteiger partial charge in [0.05, 0.1) is 12.5 Å². The Morgan fingerprint density at radius 3 is 2.38 bits per heavy atom. The molecule has 1 atom stereocenters. The SMILES string of the molecule is Cc1ccc(CC(=O)NC(C)c2ccc(N3CCCCC3)cc2)c(C)c1. The second-order valence-electron chi connectivity index (χ2n) is 7.54. The molecule has 1 heterocycles. The van der Waals surface area contributed by atoms with Gasteiger partial charge in [0.15, 0.2) is 0 Å². The molecule has 3 nitrogen and oxygen atoms in total. The van der Waals surface area contributed by atoms with Crippen LogP contribution in [0, 0.1) is 13.8 Å². The van der Waals surface area contributed by atoms with Crippen LogP contribution in [-0.4, -0.2) is 19.0 Å². The fourth-order valence-electron chi connectivity index (χ4n) is 3.72. The molecule has 0 aliphatic carbocycles. The van der Waals surface area contributed by atoms with Crippen LogP contribution in [0.15, 0.2) is 42.5 Å². The number of amides is 1. The zero-order chi connectivity index (χ0) is 18.5. The lowest BCUT2D eigenvalue weighted by molar-refractivity contribution is -0.121. The average Bonchev–Trinajstić information content (AvgIpc) is 2.65. The van der Waals surface area contributed by atoms with E-state index >= 15 is 0 Å². The predicted molar refractivity (Wildman–Crippen MR) is 109 cm³/mol. The topological polar surface area (TPSA) is 32.3 Å². The molecule has 3 rings (SSSR count). The maximum atomic E-state index is 12.4. The maximum Gasteiger partial charge on any atom is 0.224 e. The summed E-state index contributed by atoms with van der Waals surface area (Å²) in [4.78, 5) is 14.9. The number of anilines is 1. The third-order valence-electron chi connectivity index (χ3n) is 5.34. The summed E-state index contributed by atoms with van der Waals surface area (Å²) >= 11 is 0. The van der Waals surface area contributed by atoms with Gasteiger partial charge in [0.25, 0.3) is 0 Å². The van der Waals surface area contributed by atoms with Crippen LogP contribution in [0.4, 0.5) is 5.69 Å². The Labute approximate surface area is 157 Å². The van der Waals surface area contributed by atoms with Crippen LogP contribution in [-0.2, 0) is 11.2 Å². The fourth-order valence-corrected chi connectivity index (χ4v) is 3.72. The van der Waals surface area contributed by atoms with Crippen molar-refractivity contribution in [3.8, 4) is 0 Å². The van der Waals surface area contributed by atoms with Gasteiger partial charge >= 0.3 is 0 Å². The van der Waals surface area contributed by atoms with Gasteiger partial charge < -0.3 is 10.2 Å². The lowest BCUT2D eigenvalue weighted by Crippen LogP contribution is -2.30. The number of aryl methyl sites for hydroxylation is 2. The molecule has 1 aliphatic heterocycles. The number of nitrogens with zero attached hydrogens (tertiary/aromatic N) is 1. The van der Waals surface area contributed by atoms with Gasteiger partial charge in [-0.25, -0.2) is 0 Å². The normalized spacial score (nSPS) is 15.6. The first-order valence-electron chi connectivity index (χ1n) is 9.73. The molecule has 0 aromatic heterocycles. The van der Waals surface area contributed by atoms with Gasteiger partial charge in [-0.1, -0.05) is 35.9 Å². The summed E-state index contributed by atoms with van der Waals surface area (Å²) in [5, 5.41) is 3.13. The summed E-state index contributed by atoms with van der Waals surface area (Å²) in [5.41, 5.74) is 5.95. The number of benzene rings is 2. The van der Waals surface area contributed by atoms with Crippen molar-refractivity contribution in [3.05, 3.63) is 64.7 Å². The monoisotopic (exact) mass is 350 g/mol. The molecule has 26 heavy (non-hydrogen) atoms. The number of hydrogen-bond acceptors (Lipinski definition) is 2. The first-order chi connectivity index (χ1) is 12.5. The Kier molecular flexibility index (Phi) is 5.97. The van der Waals surface area contributed by atoms with Gasteiger partial charge in [-0.2, -0.15) is 0 Å². The molecule has 0 radical (unpaired) electrons. The molecule has 0 bridgehead atoms. The summed E-state index contributed by atoms with van der Waals surface area (Å²) in [7, 11) is 0. The van der Waals surface area contributed by atoms with E-state index in [1.54, 1.807) is 0 Å². The summed E-state index contributed by atoms with van der Waals surface area (Å²) in [5.74, 6) is 0.0737. The highest BCUT2D eigenvalue weighted by atomic mass is 16.1. The summed E-state index contributed by atoms with van der Waals surface area (Å²) in [6.07, 6.45) is 4.35. The second kappa shape index (κ2) is 8.39. The van der Waals surface area contributed by atoms with Crippen LogP contribution in [0.2, 0.25) is 0 Å². The van der Waals surface area contributed by atoms with Crippen molar-refractivity contribution in [2.75, 3.05) is 18.0 Å². The summed E-state index contributed by atoms with van der Waals surface area (Å²) < 4.78 is 0. The number of rotatable bonds is 5. The van der Waals surface area contributed by atoms with Gasteiger partial charge in [0, 0.05) is 18.8 Å². The van der Waals surface area contributed by atoms with Crippen LogP contribution < -0.4 is 10.2 Å². The highest BCUT2D eigenvalue weighted by Gasteiger charge is 2.14. The largest absolute Gasteiger partial charge is 0.372 e. The van der Waals surface area contributed by atoms with Crippen LogP contribution in [0.5, 0.6) is 0 Å². The lowest BCUT2D eigenvalue weighted by atomic mass is 10.0. The fraction of sp³-hybridized carbons (Fsp3) is 0.435. The Bertz CT molecular complexity index is 745. The minimum atomic E-state index is 0.0173. The molecule has 3 heteroatoms. The zero-order valence-electron chi connectivity index (χ0n) is 16.2. The van der Waals surface area contributed by atoms with E-state index in [1.165, 1.54) is 36.1 Å². The molecular weight excluding hydrogens is 320 g/mol. The standard InChI is InChI=1S/C23H30N2O/c1-17-7-8-21(18(2)15-17)16-23(26)24-19(3)20-9-11-22(12-10-20)25-13-5-4-6-14-25/h7-12,15,19H,4-6,13-14,16H2,1-3H3,(H,24,26). The van der Waals surface area contributed by atoms with Crippen molar-refractivity contribution < 1.29 is 4.79 Å². The van der Waals surface area contributed by atoms with Gasteiger partial charge in [-0.05, 0) is 68.9 Å². The van der Waals surface area contributed by atoms with E-state index in [-0.39, 0.29) is 11.9 Å². The van der Waals surface area contributed by atoms with Crippen LogP contribution >= 0.6 is 0 Å². The highest BCUT2D eigenvalue weighted by molar-refractivity contribution is 5.79. The summed E-state index contributed by atoms with van der Waals surface area (Å²) in [6, 6.07) is 14.9. The van der Waals surface area contributed by atoms with E-state index in [0.29, 0.717) is 6.42 Å². The number of hydrogen-bond donors (Lipinski definition) is 1. The first-order valence-corrected chi connectivity index (χ1v) is 9.73. The van der Waals surface area contributed by atoms with Crippen molar-refractivity contribution >= 4 is 11.6 Å². The molecule has 1 aliphatic rings. The van der Waals surface area contributed by atoms with E-state index in [1.807, 2.05) is 0 Å². The molecule has 0 spiro atoms. The molecule has 1 saturated heterocycles. The van der Waals surface area contributed by atoms with E-state index in [9.17, 15) is 4.79 Å². The molecule has 2 aromatic carbocycles. The molecule has 1 amide bonds. The third kappa shape index (κ3) is 4.66. The number of carbonyl (C=O) groups is 1. The van der Waals surface area contributed by atoms with Gasteiger partial charge in [-0.3, -0.25) is 4.79 Å². The van der Waals surface area contributed by atoms with E-state index in [2.05, 4.69) is 73.5 Å². The second-order valence-corrected chi connectivity index (χ2v) is 7.54. The van der Waals surface area contributed by atoms with Crippen molar-refractivity contribution in [2.45, 2.75) is 52.5 Å². The minimum absolute atomic E-state index is 0.0173. The van der Waals surface area contributed by atoms with Crippen LogP contribution in [0.25, 0.3) is 0 Å². The van der Waals surface area contributed by atoms with Gasteiger partial charge in [0.1, 0.15) is 0 Å². The molecule has 138 valence electrons. The summed E-state index contributed by atoms with van der Waals surface area (Å²) in [6.45, 7) is 8.50. The van der Waals surface area contributed by atoms with Gasteiger partial charge in [-0.15, -0.1) is 0 Å². The van der Waals surface area contributed by atoms with Crippen LogP contribution in [0.3, 0.4) is 0 Å². The van der Waals surface area contributed by atoms with Crippen LogP contribution in [0.1, 0.15) is 54.5 Å². The van der Waals surface area contributed by atoms with E-state index in [4.69, 9.17) is 0 Å². The van der Waals surface area contributed by atoms with Crippen molar-refractivity contribution in [1.82, 2.24) is 5.32 Å². The van der Waals surface area contributed by atoms with E-state index < -0.39 is 0 Å². The Morgan fingerprint density at radius 2 is 1.73 bits per heavy atom. The minimum Gasteiger partial charge on any atom is -0.372 e. The molecular formula is C23H30N2O. The maximum absolute atomic E-state index is 12.4. The Morgan fingerprint density at radius 1 is 1.04 bits per heavy atom. The highest BCUT2D eigenvalue weighted by Crippen LogP contribution is 2.22.